The molecule has 2 aromatic heterocycles. The highest BCUT2D eigenvalue weighted by Crippen LogP contribution is 2.31. The molecule has 1 aliphatic heterocycles. The molecule has 0 fully saturated rings. The molecule has 2 aromatic rings. The summed E-state index contributed by atoms with van der Waals surface area (Å²) in [6, 6.07) is 4.35. The van der Waals surface area contributed by atoms with E-state index >= 15 is 0 Å². The number of rotatable bonds is 9. The Labute approximate surface area is 174 Å². The minimum Gasteiger partial charge on any atom is -0.370 e. The van der Waals surface area contributed by atoms with Crippen LogP contribution in [0.2, 0.25) is 0 Å². The average Bonchev–Trinajstić information content (AvgIpc) is 2.71. The smallest absolute Gasteiger partial charge is 0.134 e. The first kappa shape index (κ1) is 21.4. The summed E-state index contributed by atoms with van der Waals surface area (Å²) in [6.07, 6.45) is 9.96. The highest BCUT2D eigenvalue weighted by Gasteiger charge is 2.24. The average molecular weight is 395 g/mol. The molecular weight excluding hydrogens is 360 g/mol. The molecule has 3 rings (SSSR count). The number of nitrogens with one attached hydrogen (secondary N) is 1. The fraction of sp³-hybridized carbons (Fsp3) is 0.583. The number of Topliss-reactive ketones (excluding diaryl/α,β-unsaturated/α-hetero) is 1. The normalized spacial score (nSPS) is 14.8. The molecule has 29 heavy (non-hydrogen) atoms. The molecule has 1 N–H and O–H groups in total. The second-order valence-electron chi connectivity index (χ2n) is 9.09. The molecule has 0 saturated heterocycles. The van der Waals surface area contributed by atoms with Crippen LogP contribution in [-0.2, 0) is 17.6 Å². The Bertz CT molecular complexity index is 829. The quantitative estimate of drug-likeness (QED) is 0.645. The number of carbonyl (C=O) groups excluding carboxylic acids is 1. The summed E-state index contributed by atoms with van der Waals surface area (Å²) in [4.78, 5) is 26.2. The summed E-state index contributed by atoms with van der Waals surface area (Å²) in [5.41, 5.74) is 3.46. The first-order chi connectivity index (χ1) is 13.9. The number of pyridine rings is 1. The zero-order chi connectivity index (χ0) is 20.9. The Hall–Kier alpha value is -2.30. The van der Waals surface area contributed by atoms with Crippen molar-refractivity contribution in [3.8, 4) is 0 Å². The summed E-state index contributed by atoms with van der Waals surface area (Å²) >= 11 is 0. The summed E-state index contributed by atoms with van der Waals surface area (Å²) in [5.74, 6) is 2.34. The summed E-state index contributed by atoms with van der Waals surface area (Å²) < 4.78 is 0. The van der Waals surface area contributed by atoms with Crippen molar-refractivity contribution in [2.75, 3.05) is 11.9 Å². The van der Waals surface area contributed by atoms with Gasteiger partial charge in [-0.3, -0.25) is 4.79 Å². The van der Waals surface area contributed by atoms with E-state index in [2.05, 4.69) is 48.2 Å². The van der Waals surface area contributed by atoms with Gasteiger partial charge in [0, 0.05) is 37.5 Å². The fourth-order valence-electron chi connectivity index (χ4n) is 4.05. The van der Waals surface area contributed by atoms with Gasteiger partial charge in [-0.15, -0.1) is 0 Å². The molecule has 0 bridgehead atoms. The Kier molecular flexibility index (Phi) is 6.99. The SMILES string of the molecule is CCC(CC(=O)CC(C)(C)CCc1ccc2c(n1)NCCC2)c1cnc(C)nc1. The largest absolute Gasteiger partial charge is 0.370 e. The third-order valence-electron chi connectivity index (χ3n) is 5.92. The van der Waals surface area contributed by atoms with Gasteiger partial charge < -0.3 is 5.32 Å². The maximum Gasteiger partial charge on any atom is 0.134 e. The van der Waals surface area contributed by atoms with E-state index in [1.54, 1.807) is 0 Å². The second kappa shape index (κ2) is 9.47. The van der Waals surface area contributed by atoms with Crippen molar-refractivity contribution < 1.29 is 4.79 Å². The molecule has 0 radical (unpaired) electrons. The van der Waals surface area contributed by atoms with Crippen LogP contribution in [0.3, 0.4) is 0 Å². The summed E-state index contributed by atoms with van der Waals surface area (Å²) in [7, 11) is 0. The lowest BCUT2D eigenvalue weighted by Gasteiger charge is -2.25. The predicted octanol–water partition coefficient (Wildman–Crippen LogP) is 5.04. The molecule has 3 heterocycles. The lowest BCUT2D eigenvalue weighted by molar-refractivity contribution is -0.121. The Morgan fingerprint density at radius 1 is 1.24 bits per heavy atom. The van der Waals surface area contributed by atoms with Crippen LogP contribution in [-0.4, -0.2) is 27.3 Å². The number of anilines is 1. The number of ketones is 1. The zero-order valence-corrected chi connectivity index (χ0v) is 18.3. The van der Waals surface area contributed by atoms with Crippen LogP contribution in [0.1, 0.15) is 81.4 Å². The van der Waals surface area contributed by atoms with Crippen LogP contribution in [0, 0.1) is 12.3 Å². The van der Waals surface area contributed by atoms with Crippen molar-refractivity contribution in [2.24, 2.45) is 5.41 Å². The molecule has 0 aromatic carbocycles. The van der Waals surface area contributed by atoms with Crippen molar-refractivity contribution in [1.82, 2.24) is 15.0 Å². The number of nitrogens with zero attached hydrogens (tertiary/aromatic N) is 3. The van der Waals surface area contributed by atoms with E-state index in [-0.39, 0.29) is 11.3 Å². The monoisotopic (exact) mass is 394 g/mol. The highest BCUT2D eigenvalue weighted by molar-refractivity contribution is 5.79. The van der Waals surface area contributed by atoms with E-state index in [1.165, 1.54) is 12.0 Å². The molecule has 156 valence electrons. The number of hydrogen-bond acceptors (Lipinski definition) is 5. The topological polar surface area (TPSA) is 67.8 Å². The van der Waals surface area contributed by atoms with Crippen molar-refractivity contribution in [1.29, 1.82) is 0 Å². The Morgan fingerprint density at radius 2 is 2.00 bits per heavy atom. The van der Waals surface area contributed by atoms with E-state index in [0.717, 1.165) is 55.1 Å². The van der Waals surface area contributed by atoms with Gasteiger partial charge in [-0.2, -0.15) is 0 Å². The van der Waals surface area contributed by atoms with Crippen LogP contribution in [0.15, 0.2) is 24.5 Å². The highest BCUT2D eigenvalue weighted by atomic mass is 16.1. The minimum absolute atomic E-state index is 0.0375. The van der Waals surface area contributed by atoms with Gasteiger partial charge in [0.1, 0.15) is 17.4 Å². The number of carbonyl (C=O) groups is 1. The molecule has 0 amide bonds. The van der Waals surface area contributed by atoms with Crippen molar-refractivity contribution in [2.45, 2.75) is 78.6 Å². The van der Waals surface area contributed by atoms with Gasteiger partial charge in [0.2, 0.25) is 0 Å². The lowest BCUT2D eigenvalue weighted by atomic mass is 9.80. The van der Waals surface area contributed by atoms with Gasteiger partial charge in [-0.25, -0.2) is 15.0 Å². The van der Waals surface area contributed by atoms with Crippen LogP contribution in [0.5, 0.6) is 0 Å². The number of hydrogen-bond donors (Lipinski definition) is 1. The third kappa shape index (κ3) is 6.09. The van der Waals surface area contributed by atoms with E-state index in [1.807, 2.05) is 19.3 Å². The minimum atomic E-state index is -0.0375. The van der Waals surface area contributed by atoms with Crippen molar-refractivity contribution in [3.63, 3.8) is 0 Å². The molecule has 5 heteroatoms. The summed E-state index contributed by atoms with van der Waals surface area (Å²) in [5, 5.41) is 3.40. The number of fused-ring (bicyclic) bond motifs is 1. The molecule has 0 spiro atoms. The first-order valence-electron chi connectivity index (χ1n) is 10.9. The van der Waals surface area contributed by atoms with Crippen LogP contribution < -0.4 is 5.32 Å². The predicted molar refractivity (Wildman–Crippen MR) is 117 cm³/mol. The van der Waals surface area contributed by atoms with E-state index < -0.39 is 0 Å². The molecular formula is C24H34N4O. The summed E-state index contributed by atoms with van der Waals surface area (Å²) in [6.45, 7) is 9.40. The van der Waals surface area contributed by atoms with Gasteiger partial charge >= 0.3 is 0 Å². The van der Waals surface area contributed by atoms with Crippen molar-refractivity contribution >= 4 is 11.6 Å². The van der Waals surface area contributed by atoms with Gasteiger partial charge in [0.15, 0.2) is 0 Å². The van der Waals surface area contributed by atoms with Crippen LogP contribution in [0.25, 0.3) is 0 Å². The van der Waals surface area contributed by atoms with E-state index in [9.17, 15) is 4.79 Å². The Morgan fingerprint density at radius 3 is 2.72 bits per heavy atom. The first-order valence-corrected chi connectivity index (χ1v) is 10.9. The molecule has 1 aliphatic rings. The van der Waals surface area contributed by atoms with Crippen LogP contribution >= 0.6 is 0 Å². The maximum atomic E-state index is 12.8. The molecule has 1 unspecified atom stereocenters. The Balaban J connectivity index is 1.54. The van der Waals surface area contributed by atoms with Gasteiger partial charge in [-0.1, -0.05) is 26.8 Å². The third-order valence-corrected chi connectivity index (χ3v) is 5.92. The standard InChI is InChI=1S/C24H34N4O/c1-5-18(20-15-26-17(2)27-16-20)13-22(29)14-24(3,4)11-10-21-9-8-19-7-6-12-25-23(19)28-21/h8-9,15-16,18H,5-7,10-14H2,1-4H3,(H,25,28). The lowest BCUT2D eigenvalue weighted by Crippen LogP contribution is -2.20. The molecule has 1 atom stereocenters. The number of aryl methyl sites for hydroxylation is 3. The maximum absolute atomic E-state index is 12.8. The molecule has 0 saturated carbocycles. The van der Waals surface area contributed by atoms with Gasteiger partial charge in [-0.05, 0) is 67.6 Å². The van der Waals surface area contributed by atoms with E-state index in [4.69, 9.17) is 4.98 Å². The van der Waals surface area contributed by atoms with E-state index in [0.29, 0.717) is 18.6 Å². The van der Waals surface area contributed by atoms with Gasteiger partial charge in [0.25, 0.3) is 0 Å². The van der Waals surface area contributed by atoms with Crippen LogP contribution in [0.4, 0.5) is 5.82 Å². The number of aromatic nitrogens is 3. The van der Waals surface area contributed by atoms with Crippen molar-refractivity contribution in [3.05, 3.63) is 47.2 Å². The van der Waals surface area contributed by atoms with Gasteiger partial charge in [0.05, 0.1) is 0 Å². The molecule has 0 aliphatic carbocycles. The molecule has 5 nitrogen and oxygen atoms in total. The fourth-order valence-corrected chi connectivity index (χ4v) is 4.05. The second-order valence-corrected chi connectivity index (χ2v) is 9.09. The zero-order valence-electron chi connectivity index (χ0n) is 18.3.